The first-order chi connectivity index (χ1) is 2.00. The van der Waals surface area contributed by atoms with E-state index in [1.807, 2.05) is 0 Å². The molecule has 75 valence electrons. The van der Waals surface area contributed by atoms with Crippen LogP contribution in [-0.2, 0) is 14.7 Å². The van der Waals surface area contributed by atoms with Crippen LogP contribution in [0.1, 0.15) is 0 Å². The zero-order valence-corrected chi connectivity index (χ0v) is 5.57. The molecule has 0 bridgehead atoms. The predicted molar refractivity (Wildman–Crippen MR) is 22.5 cm³/mol. The molecule has 10 heavy (non-hydrogen) atoms. The van der Waals surface area contributed by atoms with Crippen LogP contribution in [0.15, 0.2) is 0 Å². The molecule has 10 heteroatoms. The average Bonchev–Trinajstić information content (AvgIpc) is 0.722. The minimum absolute atomic E-state index is 0. The Labute approximate surface area is 57.3 Å². The van der Waals surface area contributed by atoms with Crippen molar-refractivity contribution in [1.29, 1.82) is 0 Å². The summed E-state index contributed by atoms with van der Waals surface area (Å²) in [5, 5.41) is 0. The van der Waals surface area contributed by atoms with E-state index in [0.717, 1.165) is 0 Å². The van der Waals surface area contributed by atoms with Gasteiger partial charge in [0.25, 0.3) is 0 Å². The van der Waals surface area contributed by atoms with Gasteiger partial charge in [0.15, 0.2) is 0 Å². The number of hydrogen-bond acceptors (Lipinski definition) is 0. The van der Waals surface area contributed by atoms with Gasteiger partial charge in [-0.2, -0.15) is 0 Å². The fourth-order valence-corrected chi connectivity index (χ4v) is 0. The summed E-state index contributed by atoms with van der Waals surface area (Å²) in [7, 11) is 0. The monoisotopic (exact) mass is 221 g/mol. The van der Waals surface area contributed by atoms with Crippen LogP contribution in [0, 0.1) is 0 Å². The number of hydrogen-bond donors (Lipinski definition) is 0. The summed E-state index contributed by atoms with van der Waals surface area (Å²) in [6.45, 7) is 0. The molecule has 0 saturated heterocycles. The van der Waals surface area contributed by atoms with Gasteiger partial charge in [0.2, 0.25) is 0 Å². The van der Waals surface area contributed by atoms with Crippen LogP contribution in [-0.4, -0.2) is 27.4 Å². The maximum absolute atomic E-state index is 9.83. The molecule has 0 aromatic heterocycles. The van der Waals surface area contributed by atoms with Gasteiger partial charge in [-0.25, -0.2) is 0 Å². The van der Waals surface area contributed by atoms with E-state index >= 15 is 0 Å². The van der Waals surface area contributed by atoms with Crippen LogP contribution < -0.4 is 0 Å². The molecule has 0 heterocycles. The molecule has 5 nitrogen and oxygen atoms in total. The molecule has 0 aliphatic rings. The van der Waals surface area contributed by atoms with Crippen LogP contribution in [0.25, 0.3) is 0 Å². The van der Waals surface area contributed by atoms with E-state index in [1.54, 1.807) is 0 Å². The fourth-order valence-electron chi connectivity index (χ4n) is 0. The van der Waals surface area contributed by atoms with E-state index in [9.17, 15) is 14.2 Å². The summed E-state index contributed by atoms with van der Waals surface area (Å²) >= 11 is -6.62. The molecule has 0 unspecified atom stereocenters. The van der Waals surface area contributed by atoms with E-state index in [2.05, 4.69) is 0 Å². The third-order valence-corrected chi connectivity index (χ3v) is 0. The van der Waals surface area contributed by atoms with Crippen molar-refractivity contribution >= 4 is 0 Å². The first-order valence-electron chi connectivity index (χ1n) is 0.571. The Morgan fingerprint density at radius 1 is 0.500 bits per heavy atom. The van der Waals surface area contributed by atoms with E-state index < -0.39 is 14.7 Å². The Morgan fingerprint density at radius 2 is 0.500 bits per heavy atom. The quantitative estimate of drug-likeness (QED) is 0.314. The predicted octanol–water partition coefficient (Wildman–Crippen LogP) is -2.45. The van der Waals surface area contributed by atoms with Crippen molar-refractivity contribution in [3.63, 3.8) is 0 Å². The third kappa shape index (κ3) is 256000. The average molecular weight is 221 g/mol. The van der Waals surface area contributed by atoms with Crippen LogP contribution in [0.5, 0.6) is 0 Å². The normalized spacial score (nSPS) is 7.60. The molecule has 0 atom stereocenters. The van der Waals surface area contributed by atoms with Crippen molar-refractivity contribution in [3.8, 4) is 0 Å². The molecule has 10 N–H and O–H groups in total. The van der Waals surface area contributed by atoms with Gasteiger partial charge in [-0.05, 0) is 0 Å². The standard InChI is InChI=1S/4FH.Mn.5H2O/h4*1H;;5*1H2/q;;;;+4;;;;;/p-4. The number of rotatable bonds is 0. The van der Waals surface area contributed by atoms with Crippen molar-refractivity contribution in [2.75, 3.05) is 0 Å². The van der Waals surface area contributed by atoms with Gasteiger partial charge in [-0.3, -0.25) is 0 Å². The Morgan fingerprint density at radius 3 is 0.500 bits per heavy atom. The zero-order valence-electron chi connectivity index (χ0n) is 4.39. The number of halogens is 4. The van der Waals surface area contributed by atoms with Crippen molar-refractivity contribution in [1.82, 2.24) is 0 Å². The third-order valence-electron chi connectivity index (χ3n) is 0. The zero-order chi connectivity index (χ0) is 4.50. The summed E-state index contributed by atoms with van der Waals surface area (Å²) in [5.74, 6) is 0. The van der Waals surface area contributed by atoms with Crippen LogP contribution in [0.2, 0.25) is 0 Å². The van der Waals surface area contributed by atoms with Gasteiger partial charge in [-0.15, -0.1) is 0 Å². The summed E-state index contributed by atoms with van der Waals surface area (Å²) < 4.78 is 39.3. The second kappa shape index (κ2) is 16.0. The molecule has 0 spiro atoms. The van der Waals surface area contributed by atoms with E-state index in [-0.39, 0.29) is 27.4 Å². The SMILES string of the molecule is O.O.O.O.O.[F][Mn]([F])([F])[F]. The fraction of sp³-hybridized carbons (Fsp3) is 0. The van der Waals surface area contributed by atoms with Crippen LogP contribution in [0.3, 0.4) is 0 Å². The minimum atomic E-state index is -6.62. The van der Waals surface area contributed by atoms with Gasteiger partial charge in [-0.1, -0.05) is 0 Å². The first kappa shape index (κ1) is 50.3. The van der Waals surface area contributed by atoms with Crippen LogP contribution >= 0.6 is 0 Å². The Hall–Kier alpha value is 0.0395. The summed E-state index contributed by atoms with van der Waals surface area (Å²) in [6.07, 6.45) is 0. The van der Waals surface area contributed by atoms with E-state index in [4.69, 9.17) is 0 Å². The Bertz CT molecular complexity index is 29.1. The van der Waals surface area contributed by atoms with Crippen molar-refractivity contribution in [2.24, 2.45) is 0 Å². The second-order valence-electron chi connectivity index (χ2n) is 0.324. The molecule has 0 fully saturated rings. The van der Waals surface area contributed by atoms with Gasteiger partial charge < -0.3 is 27.4 Å². The summed E-state index contributed by atoms with van der Waals surface area (Å²) in [6, 6.07) is 0. The van der Waals surface area contributed by atoms with E-state index in [1.165, 1.54) is 0 Å². The molecule has 0 radical (unpaired) electrons. The van der Waals surface area contributed by atoms with E-state index in [0.29, 0.717) is 0 Å². The molecule has 0 saturated carbocycles. The van der Waals surface area contributed by atoms with Gasteiger partial charge >= 0.3 is 28.9 Å². The summed E-state index contributed by atoms with van der Waals surface area (Å²) in [4.78, 5) is 0. The van der Waals surface area contributed by atoms with Crippen molar-refractivity contribution in [3.05, 3.63) is 0 Å². The van der Waals surface area contributed by atoms with Crippen molar-refractivity contribution in [2.45, 2.75) is 0 Å². The summed E-state index contributed by atoms with van der Waals surface area (Å²) in [5.41, 5.74) is 0. The molecule has 0 aliphatic heterocycles. The topological polar surface area (TPSA) is 158 Å². The molecule has 0 aromatic carbocycles. The van der Waals surface area contributed by atoms with Gasteiger partial charge in [0.05, 0.1) is 0 Å². The molecule has 0 aromatic rings. The molecule has 0 aliphatic carbocycles. The second-order valence-corrected chi connectivity index (χ2v) is 1.34. The molecular weight excluding hydrogens is 211 g/mol. The molecule has 0 rings (SSSR count). The Balaban J connectivity index is -0.00000000800. The van der Waals surface area contributed by atoms with Gasteiger partial charge in [0, 0.05) is 0 Å². The van der Waals surface area contributed by atoms with Gasteiger partial charge in [0.1, 0.15) is 0 Å². The van der Waals surface area contributed by atoms with Crippen LogP contribution in [0.4, 0.5) is 14.2 Å². The molecule has 0 amide bonds. The molecular formula is H10F4MnO5. The Kier molecular flexibility index (Phi) is 80.5. The first-order valence-corrected chi connectivity index (χ1v) is 2.36. The maximum atomic E-state index is 9.83. The van der Waals surface area contributed by atoms with Crippen molar-refractivity contribution < 1.29 is 56.3 Å².